The molecule has 132 valence electrons. The largest absolute Gasteiger partial charge is 0.457 e. The van der Waals surface area contributed by atoms with E-state index < -0.39 is 16.0 Å². The van der Waals surface area contributed by atoms with Crippen LogP contribution in [0.2, 0.25) is 0 Å². The molecule has 1 fully saturated rings. The van der Waals surface area contributed by atoms with Gasteiger partial charge in [-0.25, -0.2) is 13.2 Å². The first-order chi connectivity index (χ1) is 11.9. The molecule has 3 heterocycles. The van der Waals surface area contributed by atoms with Crippen molar-refractivity contribution in [3.63, 3.8) is 0 Å². The summed E-state index contributed by atoms with van der Waals surface area (Å²) in [6, 6.07) is 4.55. The highest BCUT2D eigenvalue weighted by Crippen LogP contribution is 2.28. The number of morpholine rings is 1. The van der Waals surface area contributed by atoms with Crippen LogP contribution < -0.4 is 0 Å². The van der Waals surface area contributed by atoms with Gasteiger partial charge >= 0.3 is 5.97 Å². The van der Waals surface area contributed by atoms with E-state index in [1.807, 2.05) is 6.20 Å². The first-order valence-electron chi connectivity index (χ1n) is 7.85. The molecular weight excluding hydrogens is 346 g/mol. The normalized spacial score (nSPS) is 21.2. The molecule has 1 aromatic carbocycles. The molecule has 2 aliphatic heterocycles. The minimum atomic E-state index is -3.72. The van der Waals surface area contributed by atoms with Crippen LogP contribution in [0.25, 0.3) is 0 Å². The van der Waals surface area contributed by atoms with Crippen LogP contribution in [0.1, 0.15) is 27.6 Å². The van der Waals surface area contributed by atoms with Crippen molar-refractivity contribution in [1.29, 1.82) is 0 Å². The highest BCUT2D eigenvalue weighted by atomic mass is 32.2. The molecule has 1 atom stereocenters. The summed E-state index contributed by atoms with van der Waals surface area (Å²) in [6.45, 7) is 0.955. The maximum absolute atomic E-state index is 13.0. The molecule has 25 heavy (non-hydrogen) atoms. The number of ether oxygens (including phenoxy) is 2. The van der Waals surface area contributed by atoms with Crippen molar-refractivity contribution < 1.29 is 22.7 Å². The van der Waals surface area contributed by atoms with E-state index in [1.165, 1.54) is 16.4 Å². The van der Waals surface area contributed by atoms with Gasteiger partial charge in [0.25, 0.3) is 0 Å². The summed E-state index contributed by atoms with van der Waals surface area (Å²) in [7, 11) is -1.93. The molecule has 1 saturated heterocycles. The number of esters is 1. The molecule has 0 spiro atoms. The highest BCUT2D eigenvalue weighted by molar-refractivity contribution is 7.89. The van der Waals surface area contributed by atoms with Crippen molar-refractivity contribution in [3.8, 4) is 0 Å². The molecule has 0 bridgehead atoms. The predicted octanol–water partition coefficient (Wildman–Crippen LogP) is 0.853. The number of rotatable bonds is 3. The summed E-state index contributed by atoms with van der Waals surface area (Å²) >= 11 is 0. The third-order valence-corrected chi connectivity index (χ3v) is 6.28. The van der Waals surface area contributed by atoms with Crippen molar-refractivity contribution >= 4 is 16.0 Å². The highest BCUT2D eigenvalue weighted by Gasteiger charge is 2.33. The van der Waals surface area contributed by atoms with E-state index in [1.54, 1.807) is 24.0 Å². The van der Waals surface area contributed by atoms with E-state index in [0.717, 1.165) is 5.56 Å². The van der Waals surface area contributed by atoms with Gasteiger partial charge in [0.05, 0.1) is 29.4 Å². The van der Waals surface area contributed by atoms with E-state index in [9.17, 15) is 13.2 Å². The molecule has 8 nitrogen and oxygen atoms in total. The van der Waals surface area contributed by atoms with E-state index in [4.69, 9.17) is 9.47 Å². The molecule has 0 saturated carbocycles. The van der Waals surface area contributed by atoms with Crippen molar-refractivity contribution in [1.82, 2.24) is 14.1 Å². The second kappa shape index (κ2) is 5.94. The van der Waals surface area contributed by atoms with E-state index in [2.05, 4.69) is 5.10 Å². The Hall–Kier alpha value is -2.23. The Morgan fingerprint density at radius 2 is 2.16 bits per heavy atom. The number of hydrogen-bond acceptors (Lipinski definition) is 6. The predicted molar refractivity (Wildman–Crippen MR) is 86.2 cm³/mol. The zero-order valence-corrected chi connectivity index (χ0v) is 14.4. The van der Waals surface area contributed by atoms with Crippen molar-refractivity contribution in [2.75, 3.05) is 19.7 Å². The van der Waals surface area contributed by atoms with Gasteiger partial charge in [-0.3, -0.25) is 4.68 Å². The van der Waals surface area contributed by atoms with Crippen molar-refractivity contribution in [2.45, 2.75) is 17.6 Å². The lowest BCUT2D eigenvalue weighted by Crippen LogP contribution is -2.42. The van der Waals surface area contributed by atoms with Gasteiger partial charge in [0, 0.05) is 37.5 Å². The topological polar surface area (TPSA) is 90.7 Å². The lowest BCUT2D eigenvalue weighted by atomic mass is 10.1. The maximum atomic E-state index is 13.0. The molecule has 2 aromatic rings. The Morgan fingerprint density at radius 1 is 1.32 bits per heavy atom. The molecule has 0 radical (unpaired) electrons. The second-order valence-electron chi connectivity index (χ2n) is 6.06. The van der Waals surface area contributed by atoms with Crippen LogP contribution in [0.4, 0.5) is 0 Å². The first kappa shape index (κ1) is 16.2. The van der Waals surface area contributed by atoms with Crippen LogP contribution in [0.3, 0.4) is 0 Å². The minimum absolute atomic E-state index is 0.0944. The summed E-state index contributed by atoms with van der Waals surface area (Å²) in [4.78, 5) is 11.8. The van der Waals surface area contributed by atoms with Gasteiger partial charge in [-0.05, 0) is 12.1 Å². The number of cyclic esters (lactones) is 1. The van der Waals surface area contributed by atoms with Gasteiger partial charge < -0.3 is 9.47 Å². The number of carbonyl (C=O) groups is 1. The van der Waals surface area contributed by atoms with Gasteiger partial charge in [-0.15, -0.1) is 0 Å². The number of aromatic nitrogens is 2. The molecule has 4 rings (SSSR count). The van der Waals surface area contributed by atoms with Crippen molar-refractivity contribution in [2.24, 2.45) is 7.05 Å². The SMILES string of the molecule is Cn1cc(C2CN(S(=O)(=O)c3ccc4c(c3)C(=O)OC4)CCO2)cn1. The van der Waals surface area contributed by atoms with Gasteiger partial charge in [-0.2, -0.15) is 9.40 Å². The summed E-state index contributed by atoms with van der Waals surface area (Å²) in [5.41, 5.74) is 1.86. The summed E-state index contributed by atoms with van der Waals surface area (Å²) in [5, 5.41) is 4.10. The Bertz CT molecular complexity index is 937. The lowest BCUT2D eigenvalue weighted by molar-refractivity contribution is -0.00259. The van der Waals surface area contributed by atoms with Crippen LogP contribution in [-0.4, -0.2) is 48.2 Å². The maximum Gasteiger partial charge on any atom is 0.338 e. The van der Waals surface area contributed by atoms with Crippen LogP contribution in [-0.2, 0) is 33.2 Å². The Balaban J connectivity index is 1.62. The molecular formula is C16H17N3O5S. The lowest BCUT2D eigenvalue weighted by Gasteiger charge is -2.31. The first-order valence-corrected chi connectivity index (χ1v) is 9.29. The molecule has 2 aliphatic rings. The van der Waals surface area contributed by atoms with Gasteiger partial charge in [0.2, 0.25) is 10.0 Å². The van der Waals surface area contributed by atoms with Crippen LogP contribution in [0.15, 0.2) is 35.5 Å². The molecule has 1 aromatic heterocycles. The average Bonchev–Trinajstić information content (AvgIpc) is 3.21. The number of aryl methyl sites for hydroxylation is 1. The van der Waals surface area contributed by atoms with Crippen LogP contribution >= 0.6 is 0 Å². The van der Waals surface area contributed by atoms with E-state index in [0.29, 0.717) is 17.7 Å². The Morgan fingerprint density at radius 3 is 2.92 bits per heavy atom. The fraction of sp³-hybridized carbons (Fsp3) is 0.375. The molecule has 9 heteroatoms. The number of sulfonamides is 1. The number of fused-ring (bicyclic) bond motifs is 1. The summed E-state index contributed by atoms with van der Waals surface area (Å²) in [5.74, 6) is -0.484. The number of nitrogens with zero attached hydrogens (tertiary/aromatic N) is 3. The molecule has 1 unspecified atom stereocenters. The van der Waals surface area contributed by atoms with Gasteiger partial charge in [-0.1, -0.05) is 6.07 Å². The number of hydrogen-bond donors (Lipinski definition) is 0. The molecule has 0 amide bonds. The quantitative estimate of drug-likeness (QED) is 0.751. The summed E-state index contributed by atoms with van der Waals surface area (Å²) < 4.78 is 39.6. The van der Waals surface area contributed by atoms with E-state index >= 15 is 0 Å². The number of benzene rings is 1. The Kier molecular flexibility index (Phi) is 3.86. The van der Waals surface area contributed by atoms with E-state index in [-0.39, 0.29) is 30.7 Å². The zero-order valence-electron chi connectivity index (χ0n) is 13.6. The molecule has 0 N–H and O–H groups in total. The Labute approximate surface area is 145 Å². The number of carbonyl (C=O) groups excluding carboxylic acids is 1. The third kappa shape index (κ3) is 2.84. The third-order valence-electron chi connectivity index (χ3n) is 4.42. The molecule has 0 aliphatic carbocycles. The average molecular weight is 363 g/mol. The fourth-order valence-corrected chi connectivity index (χ4v) is 4.51. The van der Waals surface area contributed by atoms with Crippen LogP contribution in [0, 0.1) is 0 Å². The van der Waals surface area contributed by atoms with Gasteiger partial charge in [0.1, 0.15) is 6.61 Å². The van der Waals surface area contributed by atoms with Gasteiger partial charge in [0.15, 0.2) is 0 Å². The zero-order chi connectivity index (χ0) is 17.6. The smallest absolute Gasteiger partial charge is 0.338 e. The monoisotopic (exact) mass is 363 g/mol. The summed E-state index contributed by atoms with van der Waals surface area (Å²) in [6.07, 6.45) is 3.12. The standard InChI is InChI=1S/C16H17N3O5S/c1-18-8-12(7-17-18)15-9-19(4-5-23-15)25(21,22)13-3-2-11-10-24-16(20)14(11)6-13/h2-3,6-8,15H,4-5,9-10H2,1H3. The second-order valence-corrected chi connectivity index (χ2v) is 8.00. The minimum Gasteiger partial charge on any atom is -0.457 e. The van der Waals surface area contributed by atoms with Crippen molar-refractivity contribution in [3.05, 3.63) is 47.3 Å². The fourth-order valence-electron chi connectivity index (χ4n) is 3.05. The van der Waals surface area contributed by atoms with Crippen LogP contribution in [0.5, 0.6) is 0 Å².